The number of benzene rings is 3. The second kappa shape index (κ2) is 11.6. The second-order valence-electron chi connectivity index (χ2n) is 9.17. The Morgan fingerprint density at radius 1 is 0.895 bits per heavy atom. The maximum absolute atomic E-state index is 13.3. The van der Waals surface area contributed by atoms with Gasteiger partial charge in [0.1, 0.15) is 17.3 Å². The topological polar surface area (TPSA) is 80.1 Å². The summed E-state index contributed by atoms with van der Waals surface area (Å²) >= 11 is 0. The number of rotatable bonds is 11. The lowest BCUT2D eigenvalue weighted by Crippen LogP contribution is -1.98. The van der Waals surface area contributed by atoms with Crippen LogP contribution in [0.15, 0.2) is 97.3 Å². The first-order valence-electron chi connectivity index (χ1n) is 12.6. The number of unbranched alkanes of at least 4 members (excludes halogenated alkanes) is 1. The third-order valence-electron chi connectivity index (χ3n) is 6.38. The fraction of sp³-hybridized carbons (Fsp3) is 0.161. The molecule has 38 heavy (non-hydrogen) atoms. The third-order valence-corrected chi connectivity index (χ3v) is 6.38. The number of H-pyrrole nitrogens is 1. The predicted molar refractivity (Wildman–Crippen MR) is 145 cm³/mol. The minimum absolute atomic E-state index is 0.0215. The molecular weight excluding hydrogens is 481 g/mol. The Labute approximate surface area is 220 Å². The van der Waals surface area contributed by atoms with Crippen molar-refractivity contribution in [2.24, 2.45) is 0 Å². The summed E-state index contributed by atoms with van der Waals surface area (Å²) in [6.45, 7) is 1.18. The van der Waals surface area contributed by atoms with Gasteiger partial charge in [0, 0.05) is 30.1 Å². The van der Waals surface area contributed by atoms with Crippen LogP contribution in [0.5, 0.6) is 5.75 Å². The van der Waals surface area contributed by atoms with Crippen molar-refractivity contribution in [3.05, 3.63) is 120 Å². The van der Waals surface area contributed by atoms with Crippen LogP contribution in [0.3, 0.4) is 0 Å². The van der Waals surface area contributed by atoms with Crippen LogP contribution in [0.4, 0.5) is 4.39 Å². The molecule has 0 unspecified atom stereocenters. The van der Waals surface area contributed by atoms with Crippen molar-refractivity contribution in [3.63, 3.8) is 0 Å². The molecule has 0 aliphatic heterocycles. The summed E-state index contributed by atoms with van der Waals surface area (Å²) in [5.41, 5.74) is 5.50. The molecule has 5 aromatic rings. The number of aromatic carboxylic acids is 1. The summed E-state index contributed by atoms with van der Waals surface area (Å²) in [5, 5.41) is 16.1. The number of hydrogen-bond donors (Lipinski definition) is 2. The molecule has 0 radical (unpaired) electrons. The van der Waals surface area contributed by atoms with Crippen molar-refractivity contribution in [1.82, 2.24) is 14.8 Å². The number of nitrogens with one attached hydrogen (secondary N) is 1. The van der Waals surface area contributed by atoms with Gasteiger partial charge in [-0.05, 0) is 66.3 Å². The van der Waals surface area contributed by atoms with E-state index in [2.05, 4.69) is 34.5 Å². The molecule has 0 saturated heterocycles. The first-order chi connectivity index (χ1) is 18.5. The molecule has 5 rings (SSSR count). The predicted octanol–water partition coefficient (Wildman–Crippen LogP) is 6.83. The van der Waals surface area contributed by atoms with Crippen LogP contribution in [-0.2, 0) is 13.0 Å². The normalized spacial score (nSPS) is 11.0. The van der Waals surface area contributed by atoms with Gasteiger partial charge in [0.25, 0.3) is 0 Å². The number of carbonyl (C=O) groups is 1. The van der Waals surface area contributed by atoms with Crippen LogP contribution in [0.1, 0.15) is 34.5 Å². The third kappa shape index (κ3) is 6.18. The van der Waals surface area contributed by atoms with E-state index in [9.17, 15) is 14.3 Å². The van der Waals surface area contributed by atoms with Crippen LogP contribution in [0, 0.1) is 5.82 Å². The number of halogens is 1. The van der Waals surface area contributed by atoms with Crippen molar-refractivity contribution in [2.45, 2.75) is 25.8 Å². The molecule has 0 aliphatic rings. The molecule has 7 heteroatoms. The summed E-state index contributed by atoms with van der Waals surface area (Å²) in [6.07, 6.45) is 7.00. The Morgan fingerprint density at radius 2 is 1.63 bits per heavy atom. The maximum Gasteiger partial charge on any atom is 0.353 e. The number of hydrogen-bond acceptors (Lipinski definition) is 3. The summed E-state index contributed by atoms with van der Waals surface area (Å²) < 4.78 is 21.3. The van der Waals surface area contributed by atoms with Crippen molar-refractivity contribution >= 4 is 5.97 Å². The average Bonchev–Trinajstić information content (AvgIpc) is 3.59. The maximum atomic E-state index is 13.3. The van der Waals surface area contributed by atoms with E-state index >= 15 is 0 Å². The molecule has 0 spiro atoms. The molecule has 2 N–H and O–H groups in total. The lowest BCUT2D eigenvalue weighted by Gasteiger charge is -2.08. The summed E-state index contributed by atoms with van der Waals surface area (Å²) in [5.74, 6) is -0.547. The van der Waals surface area contributed by atoms with Gasteiger partial charge in [0.15, 0.2) is 0 Å². The minimum atomic E-state index is -1.07. The smallest absolute Gasteiger partial charge is 0.353 e. The molecule has 2 aromatic heterocycles. The second-order valence-corrected chi connectivity index (χ2v) is 9.17. The summed E-state index contributed by atoms with van der Waals surface area (Å²) in [4.78, 5) is 11.4. The van der Waals surface area contributed by atoms with Crippen LogP contribution in [0.2, 0.25) is 0 Å². The van der Waals surface area contributed by atoms with Crippen molar-refractivity contribution in [3.8, 4) is 28.1 Å². The lowest BCUT2D eigenvalue weighted by atomic mass is 10.0. The lowest BCUT2D eigenvalue weighted by molar-refractivity contribution is 0.0690. The molecule has 0 aliphatic carbocycles. The minimum Gasteiger partial charge on any atom is -0.494 e. The Kier molecular flexibility index (Phi) is 7.64. The van der Waals surface area contributed by atoms with Crippen molar-refractivity contribution in [1.29, 1.82) is 0 Å². The van der Waals surface area contributed by atoms with E-state index in [1.54, 1.807) is 12.1 Å². The van der Waals surface area contributed by atoms with Crippen LogP contribution >= 0.6 is 0 Å². The Balaban J connectivity index is 1.30. The molecule has 0 atom stereocenters. The standard InChI is InChI=1S/C31H28FN3O3/c32-25-13-9-23(10-14-25)19-35-20-27(28(21-35)29-18-30(31(36)37)34-33-29)24-11-15-26(16-12-24)38-17-5-4-8-22-6-2-1-3-7-22/h1-3,6-7,9-16,18,20-21H,4-5,8,17,19H2,(H,33,34)(H,36,37). The molecule has 2 heterocycles. The SMILES string of the molecule is O=C(O)c1cc(-c2cn(Cc3ccc(F)cc3)cc2-c2ccc(OCCCCc3ccccc3)cc2)n[nH]1. The molecule has 192 valence electrons. The van der Waals surface area contributed by atoms with Gasteiger partial charge >= 0.3 is 5.97 Å². The van der Waals surface area contributed by atoms with Gasteiger partial charge in [0.2, 0.25) is 0 Å². The van der Waals surface area contributed by atoms with E-state index in [0.29, 0.717) is 18.8 Å². The Morgan fingerprint density at radius 3 is 2.34 bits per heavy atom. The van der Waals surface area contributed by atoms with Gasteiger partial charge in [-0.1, -0.05) is 54.6 Å². The van der Waals surface area contributed by atoms with Crippen LogP contribution in [0.25, 0.3) is 22.4 Å². The van der Waals surface area contributed by atoms with Crippen molar-refractivity contribution < 1.29 is 19.0 Å². The highest BCUT2D eigenvalue weighted by Crippen LogP contribution is 2.34. The van der Waals surface area contributed by atoms with Crippen LogP contribution < -0.4 is 4.74 Å². The highest BCUT2D eigenvalue weighted by atomic mass is 19.1. The zero-order valence-corrected chi connectivity index (χ0v) is 20.8. The zero-order valence-electron chi connectivity index (χ0n) is 20.8. The number of aromatic amines is 1. The van der Waals surface area contributed by atoms with E-state index in [1.165, 1.54) is 23.8 Å². The van der Waals surface area contributed by atoms with Gasteiger partial charge in [0.05, 0.1) is 12.3 Å². The molecule has 3 aromatic carbocycles. The van der Waals surface area contributed by atoms with E-state index in [-0.39, 0.29) is 11.5 Å². The van der Waals surface area contributed by atoms with Gasteiger partial charge in [-0.25, -0.2) is 9.18 Å². The van der Waals surface area contributed by atoms with Crippen LogP contribution in [-0.4, -0.2) is 32.4 Å². The first kappa shape index (κ1) is 25.0. The van der Waals surface area contributed by atoms with E-state index in [1.807, 2.05) is 47.3 Å². The van der Waals surface area contributed by atoms with Gasteiger partial charge < -0.3 is 14.4 Å². The fourth-order valence-corrected chi connectivity index (χ4v) is 4.40. The molecule has 0 amide bonds. The molecule has 0 bridgehead atoms. The van der Waals surface area contributed by atoms with Gasteiger partial charge in [-0.3, -0.25) is 5.10 Å². The number of aryl methyl sites for hydroxylation is 1. The molecule has 6 nitrogen and oxygen atoms in total. The Hall–Kier alpha value is -4.65. The highest BCUT2D eigenvalue weighted by Gasteiger charge is 2.16. The number of aromatic nitrogens is 3. The molecular formula is C31H28FN3O3. The first-order valence-corrected chi connectivity index (χ1v) is 12.6. The highest BCUT2D eigenvalue weighted by molar-refractivity contribution is 5.89. The number of nitrogens with zero attached hydrogens (tertiary/aromatic N) is 2. The number of carboxylic acids is 1. The van der Waals surface area contributed by atoms with E-state index in [0.717, 1.165) is 47.3 Å². The van der Waals surface area contributed by atoms with Gasteiger partial charge in [-0.2, -0.15) is 5.10 Å². The summed E-state index contributed by atoms with van der Waals surface area (Å²) in [6, 6.07) is 26.2. The number of ether oxygens (including phenoxy) is 1. The number of carboxylic acid groups (broad SMARTS) is 1. The van der Waals surface area contributed by atoms with E-state index < -0.39 is 5.97 Å². The largest absolute Gasteiger partial charge is 0.494 e. The van der Waals surface area contributed by atoms with Crippen molar-refractivity contribution in [2.75, 3.05) is 6.61 Å². The summed E-state index contributed by atoms with van der Waals surface area (Å²) in [7, 11) is 0. The monoisotopic (exact) mass is 509 g/mol. The fourth-order valence-electron chi connectivity index (χ4n) is 4.40. The van der Waals surface area contributed by atoms with Gasteiger partial charge in [-0.15, -0.1) is 0 Å². The molecule has 0 saturated carbocycles. The quantitative estimate of drug-likeness (QED) is 0.191. The molecule has 0 fully saturated rings. The zero-order chi connectivity index (χ0) is 26.3. The van der Waals surface area contributed by atoms with E-state index in [4.69, 9.17) is 4.74 Å². The average molecular weight is 510 g/mol. The Bertz CT molecular complexity index is 1490.